The van der Waals surface area contributed by atoms with Crippen LogP contribution in [0.4, 0.5) is 0 Å². The van der Waals surface area contributed by atoms with E-state index in [9.17, 15) is 4.79 Å². The number of carbonyl (C=O) groups excluding carboxylic acids is 1. The number of nitrogens with zero attached hydrogens (tertiary/aromatic N) is 1. The van der Waals surface area contributed by atoms with E-state index in [1.54, 1.807) is 13.0 Å². The summed E-state index contributed by atoms with van der Waals surface area (Å²) in [5, 5.41) is 7.45. The summed E-state index contributed by atoms with van der Waals surface area (Å²) in [5.74, 6) is 1.02. The van der Waals surface area contributed by atoms with Gasteiger partial charge in [0.15, 0.2) is 0 Å². The molecular weight excluding hydrogens is 364 g/mol. The van der Waals surface area contributed by atoms with Gasteiger partial charge in [-0.25, -0.2) is 0 Å². The number of carbonyl (C=O) groups is 1. The van der Waals surface area contributed by atoms with Crippen molar-refractivity contribution < 1.29 is 14.1 Å². The average Bonchev–Trinajstić information content (AvgIpc) is 3.07. The molecule has 0 atom stereocenters. The van der Waals surface area contributed by atoms with Crippen molar-refractivity contribution in [1.82, 2.24) is 10.5 Å². The van der Waals surface area contributed by atoms with E-state index in [2.05, 4.69) is 17.4 Å². The zero-order chi connectivity index (χ0) is 19.2. The molecule has 0 saturated carbocycles. The fourth-order valence-corrected chi connectivity index (χ4v) is 2.90. The Morgan fingerprint density at radius 3 is 2.63 bits per heavy atom. The fraction of sp³-hybridized carbons (Fsp3) is 0.238. The number of aromatic nitrogens is 1. The van der Waals surface area contributed by atoms with Crippen LogP contribution < -0.4 is 10.1 Å². The van der Waals surface area contributed by atoms with E-state index in [1.165, 1.54) is 0 Å². The highest BCUT2D eigenvalue weighted by atomic mass is 35.5. The first kappa shape index (κ1) is 19.0. The molecule has 1 amide bonds. The highest BCUT2D eigenvalue weighted by molar-refractivity contribution is 6.33. The average molecular weight is 385 g/mol. The molecule has 2 aromatic carbocycles. The molecule has 6 heteroatoms. The molecule has 3 aromatic rings. The van der Waals surface area contributed by atoms with Crippen molar-refractivity contribution >= 4 is 17.5 Å². The third-order valence-electron chi connectivity index (χ3n) is 4.07. The van der Waals surface area contributed by atoms with Gasteiger partial charge in [0.1, 0.15) is 22.8 Å². The number of amides is 1. The first-order valence-electron chi connectivity index (χ1n) is 8.81. The molecule has 1 aromatic heterocycles. The summed E-state index contributed by atoms with van der Waals surface area (Å²) in [7, 11) is 0. The lowest BCUT2D eigenvalue weighted by atomic mass is 10.1. The lowest BCUT2D eigenvalue weighted by Gasteiger charge is -2.08. The Morgan fingerprint density at radius 1 is 1.19 bits per heavy atom. The molecule has 3 rings (SSSR count). The second-order valence-electron chi connectivity index (χ2n) is 6.12. The first-order chi connectivity index (χ1) is 13.1. The number of ether oxygens (including phenoxy) is 1. The first-order valence-corrected chi connectivity index (χ1v) is 9.19. The van der Waals surface area contributed by atoms with Crippen molar-refractivity contribution in [2.75, 3.05) is 6.61 Å². The predicted octanol–water partition coefficient (Wildman–Crippen LogP) is 5.02. The summed E-state index contributed by atoms with van der Waals surface area (Å²) in [6.45, 7) is 4.85. The highest BCUT2D eigenvalue weighted by Gasteiger charge is 2.22. The van der Waals surface area contributed by atoms with Crippen molar-refractivity contribution in [2.45, 2.75) is 26.8 Å². The summed E-state index contributed by atoms with van der Waals surface area (Å²) in [6, 6.07) is 14.9. The van der Waals surface area contributed by atoms with Crippen LogP contribution in [0.15, 0.2) is 53.1 Å². The van der Waals surface area contributed by atoms with Gasteiger partial charge in [-0.3, -0.25) is 4.79 Å². The van der Waals surface area contributed by atoms with E-state index < -0.39 is 0 Å². The van der Waals surface area contributed by atoms with E-state index in [1.807, 2.05) is 42.5 Å². The van der Waals surface area contributed by atoms with Gasteiger partial charge in [-0.1, -0.05) is 54.0 Å². The third-order valence-corrected chi connectivity index (χ3v) is 4.40. The van der Waals surface area contributed by atoms with E-state index in [4.69, 9.17) is 20.9 Å². The molecule has 5 nitrogen and oxygen atoms in total. The minimum Gasteiger partial charge on any atom is -0.494 e. The van der Waals surface area contributed by atoms with Gasteiger partial charge < -0.3 is 14.6 Å². The number of rotatable bonds is 7. The molecule has 0 aliphatic heterocycles. The summed E-state index contributed by atoms with van der Waals surface area (Å²) < 4.78 is 10.8. The standard InChI is InChI=1S/C21H21ClN2O3/c1-3-12-26-16-10-8-15(9-11-16)13-23-21(25)19-14(2)27-24-20(19)17-6-4-5-7-18(17)22/h4-11H,3,12-13H2,1-2H3,(H,23,25). The molecule has 0 aliphatic rings. The molecule has 0 unspecified atom stereocenters. The summed E-state index contributed by atoms with van der Waals surface area (Å²) in [5.41, 5.74) is 2.48. The molecule has 140 valence electrons. The maximum Gasteiger partial charge on any atom is 0.257 e. The summed E-state index contributed by atoms with van der Waals surface area (Å²) in [4.78, 5) is 12.7. The van der Waals surface area contributed by atoms with E-state index in [-0.39, 0.29) is 5.91 Å². The molecular formula is C21H21ClN2O3. The highest BCUT2D eigenvalue weighted by Crippen LogP contribution is 2.30. The fourth-order valence-electron chi connectivity index (χ4n) is 2.67. The largest absolute Gasteiger partial charge is 0.494 e. The maximum atomic E-state index is 12.7. The number of nitrogens with one attached hydrogen (secondary N) is 1. The van der Waals surface area contributed by atoms with Crippen LogP contribution in [0, 0.1) is 6.92 Å². The molecule has 1 heterocycles. The van der Waals surface area contributed by atoms with Crippen molar-refractivity contribution in [3.05, 3.63) is 70.4 Å². The van der Waals surface area contributed by atoms with E-state index in [0.29, 0.717) is 40.8 Å². The van der Waals surface area contributed by atoms with Gasteiger partial charge in [0.05, 0.1) is 11.6 Å². The maximum absolute atomic E-state index is 12.7. The smallest absolute Gasteiger partial charge is 0.257 e. The van der Waals surface area contributed by atoms with Gasteiger partial charge in [0.25, 0.3) is 5.91 Å². The Labute approximate surface area is 163 Å². The lowest BCUT2D eigenvalue weighted by molar-refractivity contribution is 0.0950. The van der Waals surface area contributed by atoms with Crippen LogP contribution in [0.25, 0.3) is 11.3 Å². The number of hydrogen-bond donors (Lipinski definition) is 1. The third kappa shape index (κ3) is 4.49. The van der Waals surface area contributed by atoms with Gasteiger partial charge >= 0.3 is 0 Å². The van der Waals surface area contributed by atoms with E-state index in [0.717, 1.165) is 17.7 Å². The monoisotopic (exact) mass is 384 g/mol. The van der Waals surface area contributed by atoms with Gasteiger partial charge in [-0.15, -0.1) is 0 Å². The van der Waals surface area contributed by atoms with Gasteiger partial charge in [0.2, 0.25) is 0 Å². The Balaban J connectivity index is 1.72. The molecule has 1 N–H and O–H groups in total. The quantitative estimate of drug-likeness (QED) is 0.621. The molecule has 0 bridgehead atoms. The van der Waals surface area contributed by atoms with Crippen molar-refractivity contribution in [2.24, 2.45) is 0 Å². The van der Waals surface area contributed by atoms with Gasteiger partial charge in [-0.05, 0) is 37.1 Å². The van der Waals surface area contributed by atoms with Crippen molar-refractivity contribution in [3.8, 4) is 17.0 Å². The van der Waals surface area contributed by atoms with Crippen LogP contribution in [0.3, 0.4) is 0 Å². The zero-order valence-electron chi connectivity index (χ0n) is 15.3. The van der Waals surface area contributed by atoms with Gasteiger partial charge in [0, 0.05) is 12.1 Å². The van der Waals surface area contributed by atoms with Gasteiger partial charge in [-0.2, -0.15) is 0 Å². The Kier molecular flexibility index (Phi) is 6.14. The predicted molar refractivity (Wildman–Crippen MR) is 105 cm³/mol. The minimum absolute atomic E-state index is 0.255. The van der Waals surface area contributed by atoms with Crippen molar-refractivity contribution in [1.29, 1.82) is 0 Å². The Hall–Kier alpha value is -2.79. The second-order valence-corrected chi connectivity index (χ2v) is 6.52. The number of hydrogen-bond acceptors (Lipinski definition) is 4. The van der Waals surface area contributed by atoms with E-state index >= 15 is 0 Å². The van der Waals surface area contributed by atoms with Crippen LogP contribution in [0.5, 0.6) is 5.75 Å². The number of aryl methyl sites for hydroxylation is 1. The second kappa shape index (κ2) is 8.73. The molecule has 0 radical (unpaired) electrons. The Bertz CT molecular complexity index is 919. The number of benzene rings is 2. The molecule has 0 saturated heterocycles. The Morgan fingerprint density at radius 2 is 1.93 bits per heavy atom. The zero-order valence-corrected chi connectivity index (χ0v) is 16.0. The van der Waals surface area contributed by atoms with Crippen molar-refractivity contribution in [3.63, 3.8) is 0 Å². The topological polar surface area (TPSA) is 64.4 Å². The molecule has 0 aliphatic carbocycles. The van der Waals surface area contributed by atoms with Crippen LogP contribution in [0.1, 0.15) is 35.0 Å². The SMILES string of the molecule is CCCOc1ccc(CNC(=O)c2c(-c3ccccc3Cl)noc2C)cc1. The summed E-state index contributed by atoms with van der Waals surface area (Å²) >= 11 is 6.24. The normalized spacial score (nSPS) is 10.6. The minimum atomic E-state index is -0.255. The molecule has 27 heavy (non-hydrogen) atoms. The molecule has 0 spiro atoms. The summed E-state index contributed by atoms with van der Waals surface area (Å²) in [6.07, 6.45) is 0.962. The van der Waals surface area contributed by atoms with Crippen LogP contribution in [-0.2, 0) is 6.54 Å². The lowest BCUT2D eigenvalue weighted by Crippen LogP contribution is -2.23. The van der Waals surface area contributed by atoms with Crippen LogP contribution in [-0.4, -0.2) is 17.7 Å². The number of halogens is 1. The van der Waals surface area contributed by atoms with Crippen LogP contribution in [0.2, 0.25) is 5.02 Å². The van der Waals surface area contributed by atoms with Crippen LogP contribution >= 0.6 is 11.6 Å². The molecule has 0 fully saturated rings.